The summed E-state index contributed by atoms with van der Waals surface area (Å²) in [6.45, 7) is -1.05. The predicted octanol–water partition coefficient (Wildman–Crippen LogP) is 2.33. The first-order chi connectivity index (χ1) is 5.97. The minimum atomic E-state index is -4.24. The lowest BCUT2D eigenvalue weighted by atomic mass is 10.4. The van der Waals surface area contributed by atoms with E-state index in [1.807, 2.05) is 0 Å². The van der Waals surface area contributed by atoms with Crippen molar-refractivity contribution in [1.29, 1.82) is 0 Å². The van der Waals surface area contributed by atoms with E-state index in [4.69, 9.17) is 5.11 Å². The van der Waals surface area contributed by atoms with Gasteiger partial charge in [0, 0.05) is 12.4 Å². The van der Waals surface area contributed by atoms with Gasteiger partial charge >= 0.3 is 6.18 Å². The van der Waals surface area contributed by atoms with Gasteiger partial charge in [0.25, 0.3) is 0 Å². The maximum absolute atomic E-state index is 11.9. The molecule has 0 radical (unpaired) electrons. The summed E-state index contributed by atoms with van der Waals surface area (Å²) in [7, 11) is 0. The van der Waals surface area contributed by atoms with Crippen molar-refractivity contribution < 1.29 is 18.3 Å². The molecule has 0 amide bonds. The van der Waals surface area contributed by atoms with Crippen molar-refractivity contribution >= 4 is 0 Å². The minimum absolute atomic E-state index is 0.0686. The molecule has 1 N–H and O–H groups in total. The lowest BCUT2D eigenvalue weighted by molar-refractivity contribution is -0.135. The molecule has 0 aromatic carbocycles. The van der Waals surface area contributed by atoms with Crippen molar-refractivity contribution in [3.05, 3.63) is 36.4 Å². The molecule has 0 saturated carbocycles. The van der Waals surface area contributed by atoms with E-state index < -0.39 is 12.7 Å². The Hall–Kier alpha value is -1.39. The molecule has 1 heterocycles. The Bertz CT molecular complexity index is 265. The minimum Gasteiger partial charge on any atom is -0.508 e. The van der Waals surface area contributed by atoms with Gasteiger partial charge in [0.05, 0.1) is 0 Å². The van der Waals surface area contributed by atoms with Gasteiger partial charge in [-0.25, -0.2) is 0 Å². The van der Waals surface area contributed by atoms with Crippen molar-refractivity contribution in [3.63, 3.8) is 0 Å². The first kappa shape index (κ1) is 9.70. The van der Waals surface area contributed by atoms with Gasteiger partial charge in [0.15, 0.2) is 0 Å². The first-order valence-corrected chi connectivity index (χ1v) is 3.55. The molecule has 72 valence electrons. The lowest BCUT2D eigenvalue weighted by Crippen LogP contribution is -2.26. The molecule has 1 aliphatic rings. The summed E-state index contributed by atoms with van der Waals surface area (Å²) in [4.78, 5) is 0.944. The molecular weight excluding hydrogens is 183 g/mol. The van der Waals surface area contributed by atoms with E-state index in [0.29, 0.717) is 0 Å². The molecule has 0 atom stereocenters. The number of hydrogen-bond donors (Lipinski definition) is 1. The topological polar surface area (TPSA) is 23.5 Å². The number of halogens is 3. The Kier molecular flexibility index (Phi) is 2.65. The monoisotopic (exact) mass is 191 g/mol. The predicted molar refractivity (Wildman–Crippen MR) is 41.8 cm³/mol. The molecule has 0 aliphatic carbocycles. The van der Waals surface area contributed by atoms with E-state index in [1.165, 1.54) is 30.6 Å². The molecule has 0 bridgehead atoms. The third-order valence-electron chi connectivity index (χ3n) is 1.34. The van der Waals surface area contributed by atoms with Gasteiger partial charge in [-0.15, -0.1) is 0 Å². The van der Waals surface area contributed by atoms with Gasteiger partial charge in [-0.05, 0) is 18.2 Å². The second-order valence-electron chi connectivity index (χ2n) is 2.54. The molecule has 5 heteroatoms. The first-order valence-electron chi connectivity index (χ1n) is 3.55. The van der Waals surface area contributed by atoms with Gasteiger partial charge < -0.3 is 10.0 Å². The molecule has 0 unspecified atom stereocenters. The molecule has 13 heavy (non-hydrogen) atoms. The van der Waals surface area contributed by atoms with Crippen LogP contribution in [0.15, 0.2) is 36.4 Å². The molecule has 1 rings (SSSR count). The zero-order chi connectivity index (χ0) is 9.90. The van der Waals surface area contributed by atoms with Crippen LogP contribution in [0.2, 0.25) is 0 Å². The number of nitrogens with zero attached hydrogens (tertiary/aromatic N) is 1. The second-order valence-corrected chi connectivity index (χ2v) is 2.54. The number of aliphatic hydroxyl groups is 1. The van der Waals surface area contributed by atoms with Crippen molar-refractivity contribution in [1.82, 2.24) is 4.90 Å². The lowest BCUT2D eigenvalue weighted by Gasteiger charge is -2.16. The fraction of sp³-hybridized carbons (Fsp3) is 0.250. The number of aliphatic hydroxyl groups excluding tert-OH is 1. The van der Waals surface area contributed by atoms with Gasteiger partial charge in [0.2, 0.25) is 0 Å². The van der Waals surface area contributed by atoms with Crippen LogP contribution < -0.4 is 0 Å². The summed E-state index contributed by atoms with van der Waals surface area (Å²) in [5.74, 6) is -0.0686. The van der Waals surface area contributed by atoms with Gasteiger partial charge in [-0.3, -0.25) is 0 Å². The highest BCUT2D eigenvalue weighted by Crippen LogP contribution is 2.17. The SMILES string of the molecule is OC1=CC=CN(CC(F)(F)F)C=C1. The van der Waals surface area contributed by atoms with E-state index in [-0.39, 0.29) is 5.76 Å². The Morgan fingerprint density at radius 1 is 1.31 bits per heavy atom. The molecule has 1 aliphatic heterocycles. The van der Waals surface area contributed by atoms with E-state index in [2.05, 4.69) is 0 Å². The number of allylic oxidation sites excluding steroid dienone is 3. The van der Waals surface area contributed by atoms with Crippen LogP contribution in [0.1, 0.15) is 0 Å². The maximum atomic E-state index is 11.9. The summed E-state index contributed by atoms with van der Waals surface area (Å²) in [5.41, 5.74) is 0. The highest BCUT2D eigenvalue weighted by atomic mass is 19.4. The normalized spacial score (nSPS) is 17.2. The second kappa shape index (κ2) is 3.55. The third kappa shape index (κ3) is 3.68. The smallest absolute Gasteiger partial charge is 0.406 e. The highest BCUT2D eigenvalue weighted by molar-refractivity contribution is 5.20. The Labute approximate surface area is 73.3 Å². The molecule has 0 spiro atoms. The summed E-state index contributed by atoms with van der Waals surface area (Å²) in [5, 5.41) is 8.92. The fourth-order valence-corrected chi connectivity index (χ4v) is 0.842. The molecule has 0 saturated heterocycles. The largest absolute Gasteiger partial charge is 0.508 e. The summed E-state index contributed by atoms with van der Waals surface area (Å²) in [6.07, 6.45) is 2.03. The molecule has 0 aromatic heterocycles. The van der Waals surface area contributed by atoms with Crippen molar-refractivity contribution in [3.8, 4) is 0 Å². The fourth-order valence-electron chi connectivity index (χ4n) is 0.842. The Morgan fingerprint density at radius 2 is 2.00 bits per heavy atom. The third-order valence-corrected chi connectivity index (χ3v) is 1.34. The van der Waals surface area contributed by atoms with Crippen LogP contribution in [-0.4, -0.2) is 22.7 Å². The highest BCUT2D eigenvalue weighted by Gasteiger charge is 2.29. The van der Waals surface area contributed by atoms with Crippen molar-refractivity contribution in [2.75, 3.05) is 6.54 Å². The van der Waals surface area contributed by atoms with E-state index >= 15 is 0 Å². The average Bonchev–Trinajstić information content (AvgIpc) is 2.12. The maximum Gasteiger partial charge on any atom is 0.406 e. The van der Waals surface area contributed by atoms with Gasteiger partial charge in [-0.2, -0.15) is 13.2 Å². The van der Waals surface area contributed by atoms with Gasteiger partial charge in [-0.1, -0.05) is 0 Å². The van der Waals surface area contributed by atoms with Gasteiger partial charge in [0.1, 0.15) is 12.3 Å². The number of hydrogen-bond acceptors (Lipinski definition) is 2. The van der Waals surface area contributed by atoms with E-state index in [1.54, 1.807) is 0 Å². The van der Waals surface area contributed by atoms with Crippen LogP contribution in [0.3, 0.4) is 0 Å². The molecule has 2 nitrogen and oxygen atoms in total. The summed E-state index contributed by atoms with van der Waals surface area (Å²) < 4.78 is 35.6. The summed E-state index contributed by atoms with van der Waals surface area (Å²) in [6, 6.07) is 0. The van der Waals surface area contributed by atoms with Crippen LogP contribution in [0, 0.1) is 0 Å². The van der Waals surface area contributed by atoms with Crippen LogP contribution >= 0.6 is 0 Å². The van der Waals surface area contributed by atoms with Crippen LogP contribution in [0.5, 0.6) is 0 Å². The number of alkyl halides is 3. The van der Waals surface area contributed by atoms with Crippen LogP contribution in [0.25, 0.3) is 0 Å². The molecule has 0 fully saturated rings. The zero-order valence-electron chi connectivity index (χ0n) is 6.62. The van der Waals surface area contributed by atoms with Crippen LogP contribution in [0.4, 0.5) is 13.2 Å². The number of rotatable bonds is 1. The van der Waals surface area contributed by atoms with E-state index in [9.17, 15) is 13.2 Å². The van der Waals surface area contributed by atoms with Crippen molar-refractivity contribution in [2.45, 2.75) is 6.18 Å². The standard InChI is InChI=1S/C8H8F3NO/c9-8(10,11)6-12-4-1-2-7(13)3-5-12/h1-5,13H,6H2. The Balaban J connectivity index is 2.61. The quantitative estimate of drug-likeness (QED) is 0.687. The summed E-state index contributed by atoms with van der Waals surface area (Å²) >= 11 is 0. The molecular formula is C8H8F3NO. The average molecular weight is 191 g/mol. The van der Waals surface area contributed by atoms with Crippen molar-refractivity contribution in [2.24, 2.45) is 0 Å². The van der Waals surface area contributed by atoms with Crippen LogP contribution in [-0.2, 0) is 0 Å². The molecule has 0 aromatic rings. The zero-order valence-corrected chi connectivity index (χ0v) is 6.62. The Morgan fingerprint density at radius 3 is 2.62 bits per heavy atom. The van der Waals surface area contributed by atoms with E-state index in [0.717, 1.165) is 4.90 Å².